The van der Waals surface area contributed by atoms with Crippen LogP contribution in [0.15, 0.2) is 24.3 Å². The molecule has 1 atom stereocenters. The van der Waals surface area contributed by atoms with Gasteiger partial charge in [0.25, 0.3) is 5.91 Å². The van der Waals surface area contributed by atoms with E-state index < -0.39 is 0 Å². The Labute approximate surface area is 136 Å². The average Bonchev–Trinajstić information content (AvgIpc) is 3.13. The number of carbonyl (C=O) groups excluding carboxylic acids is 1. The fourth-order valence-corrected chi connectivity index (χ4v) is 3.08. The second-order valence-corrected chi connectivity index (χ2v) is 6.14. The van der Waals surface area contributed by atoms with Crippen molar-refractivity contribution in [3.05, 3.63) is 46.8 Å². The predicted octanol–water partition coefficient (Wildman–Crippen LogP) is 2.71. The van der Waals surface area contributed by atoms with Gasteiger partial charge in [-0.3, -0.25) is 4.79 Å². The Kier molecular flexibility index (Phi) is 4.48. The third-order valence-electron chi connectivity index (χ3n) is 4.28. The maximum absolute atomic E-state index is 12.5. The molecule has 2 heterocycles. The van der Waals surface area contributed by atoms with Gasteiger partial charge >= 0.3 is 0 Å². The highest BCUT2D eigenvalue weighted by Gasteiger charge is 2.21. The molecule has 0 bridgehead atoms. The number of amides is 1. The molecule has 5 heteroatoms. The standard InChI is InChI=1S/C18H23N3O2/c1-12-6-4-7-15(10-12)21-14(3)17(13(2)20-21)18(22)19-11-16-8-5-9-23-16/h4,6-7,10,16H,5,8-9,11H2,1-3H3,(H,19,22)/t16-/m0/s1. The summed E-state index contributed by atoms with van der Waals surface area (Å²) >= 11 is 0. The largest absolute Gasteiger partial charge is 0.376 e. The second-order valence-electron chi connectivity index (χ2n) is 6.14. The highest BCUT2D eigenvalue weighted by Crippen LogP contribution is 2.19. The van der Waals surface area contributed by atoms with Crippen LogP contribution < -0.4 is 5.32 Å². The Morgan fingerprint density at radius 3 is 2.91 bits per heavy atom. The van der Waals surface area contributed by atoms with Crippen molar-refractivity contribution in [1.82, 2.24) is 15.1 Å². The van der Waals surface area contributed by atoms with Crippen LogP contribution in [0.4, 0.5) is 0 Å². The molecule has 1 aliphatic heterocycles. The maximum Gasteiger partial charge on any atom is 0.255 e. The monoisotopic (exact) mass is 313 g/mol. The number of aromatic nitrogens is 2. The van der Waals surface area contributed by atoms with E-state index in [0.29, 0.717) is 12.1 Å². The molecule has 1 saturated heterocycles. The van der Waals surface area contributed by atoms with Gasteiger partial charge in [0.2, 0.25) is 0 Å². The molecule has 1 amide bonds. The van der Waals surface area contributed by atoms with E-state index in [0.717, 1.165) is 36.5 Å². The second kappa shape index (κ2) is 6.54. The molecule has 1 aromatic carbocycles. The van der Waals surface area contributed by atoms with Crippen LogP contribution in [0.1, 0.15) is 40.2 Å². The van der Waals surface area contributed by atoms with Gasteiger partial charge in [-0.15, -0.1) is 0 Å². The van der Waals surface area contributed by atoms with E-state index in [4.69, 9.17) is 4.74 Å². The summed E-state index contributed by atoms with van der Waals surface area (Å²) in [7, 11) is 0. The van der Waals surface area contributed by atoms with Crippen LogP contribution in [0.5, 0.6) is 0 Å². The zero-order valence-corrected chi connectivity index (χ0v) is 13.9. The first-order chi connectivity index (χ1) is 11.1. The summed E-state index contributed by atoms with van der Waals surface area (Å²) in [6.45, 7) is 7.21. The molecule has 2 aromatic rings. The van der Waals surface area contributed by atoms with Crippen molar-refractivity contribution in [1.29, 1.82) is 0 Å². The van der Waals surface area contributed by atoms with Crippen LogP contribution in [0.2, 0.25) is 0 Å². The number of benzene rings is 1. The number of carbonyl (C=O) groups is 1. The van der Waals surface area contributed by atoms with Crippen LogP contribution >= 0.6 is 0 Å². The van der Waals surface area contributed by atoms with Gasteiger partial charge < -0.3 is 10.1 Å². The number of ether oxygens (including phenoxy) is 1. The van der Waals surface area contributed by atoms with E-state index in [1.165, 1.54) is 5.56 Å². The van der Waals surface area contributed by atoms with E-state index in [9.17, 15) is 4.79 Å². The molecule has 0 unspecified atom stereocenters. The summed E-state index contributed by atoms with van der Waals surface area (Å²) in [5, 5.41) is 7.53. The minimum absolute atomic E-state index is 0.0746. The van der Waals surface area contributed by atoms with Crippen LogP contribution in [0.3, 0.4) is 0 Å². The summed E-state index contributed by atoms with van der Waals surface area (Å²) < 4.78 is 7.39. The van der Waals surface area contributed by atoms with Crippen LogP contribution in [-0.4, -0.2) is 34.9 Å². The van der Waals surface area contributed by atoms with Gasteiger partial charge in [-0.05, 0) is 51.3 Å². The number of nitrogens with one attached hydrogen (secondary N) is 1. The predicted molar refractivity (Wildman–Crippen MR) is 89.1 cm³/mol. The third-order valence-corrected chi connectivity index (χ3v) is 4.28. The zero-order chi connectivity index (χ0) is 16.4. The summed E-state index contributed by atoms with van der Waals surface area (Å²) in [6, 6.07) is 8.11. The van der Waals surface area contributed by atoms with E-state index in [2.05, 4.69) is 16.5 Å². The quantitative estimate of drug-likeness (QED) is 0.944. The summed E-state index contributed by atoms with van der Waals surface area (Å²) in [4.78, 5) is 12.5. The highest BCUT2D eigenvalue weighted by atomic mass is 16.5. The van der Waals surface area contributed by atoms with E-state index in [1.54, 1.807) is 0 Å². The van der Waals surface area contributed by atoms with Crippen molar-refractivity contribution in [2.45, 2.75) is 39.7 Å². The minimum Gasteiger partial charge on any atom is -0.376 e. The third kappa shape index (κ3) is 3.29. The summed E-state index contributed by atoms with van der Waals surface area (Å²) in [5.41, 5.74) is 4.40. The van der Waals surface area contributed by atoms with Crippen molar-refractivity contribution < 1.29 is 9.53 Å². The van der Waals surface area contributed by atoms with Gasteiger partial charge in [-0.2, -0.15) is 5.10 Å². The van der Waals surface area contributed by atoms with E-state index >= 15 is 0 Å². The smallest absolute Gasteiger partial charge is 0.255 e. The first-order valence-corrected chi connectivity index (χ1v) is 8.09. The van der Waals surface area contributed by atoms with Crippen LogP contribution in [0, 0.1) is 20.8 Å². The lowest BCUT2D eigenvalue weighted by Gasteiger charge is -2.11. The molecule has 0 radical (unpaired) electrons. The number of nitrogens with zero attached hydrogens (tertiary/aromatic N) is 2. The molecule has 1 N–H and O–H groups in total. The number of hydrogen-bond donors (Lipinski definition) is 1. The molecule has 1 aliphatic rings. The molecule has 1 fully saturated rings. The van der Waals surface area contributed by atoms with E-state index in [1.807, 2.05) is 43.7 Å². The first-order valence-electron chi connectivity index (χ1n) is 8.09. The topological polar surface area (TPSA) is 56.2 Å². The zero-order valence-electron chi connectivity index (χ0n) is 13.9. The lowest BCUT2D eigenvalue weighted by atomic mass is 10.1. The van der Waals surface area contributed by atoms with Crippen LogP contribution in [0.25, 0.3) is 5.69 Å². The Bertz CT molecular complexity index is 715. The molecule has 23 heavy (non-hydrogen) atoms. The lowest BCUT2D eigenvalue weighted by Crippen LogP contribution is -2.32. The molecule has 0 aliphatic carbocycles. The molecule has 1 aromatic heterocycles. The number of rotatable bonds is 4. The van der Waals surface area contributed by atoms with Crippen LogP contribution in [-0.2, 0) is 4.74 Å². The molecule has 0 spiro atoms. The van der Waals surface area contributed by atoms with Gasteiger partial charge in [0.1, 0.15) is 0 Å². The van der Waals surface area contributed by atoms with Gasteiger partial charge in [-0.1, -0.05) is 12.1 Å². The summed E-state index contributed by atoms with van der Waals surface area (Å²) in [5.74, 6) is -0.0746. The number of hydrogen-bond acceptors (Lipinski definition) is 3. The lowest BCUT2D eigenvalue weighted by molar-refractivity contribution is 0.0856. The average molecular weight is 313 g/mol. The van der Waals surface area contributed by atoms with Gasteiger partial charge in [0, 0.05) is 13.2 Å². The molecule has 3 rings (SSSR count). The Balaban J connectivity index is 1.81. The maximum atomic E-state index is 12.5. The first kappa shape index (κ1) is 15.7. The Hall–Kier alpha value is -2.14. The highest BCUT2D eigenvalue weighted by molar-refractivity contribution is 5.96. The van der Waals surface area contributed by atoms with Crippen molar-refractivity contribution >= 4 is 5.91 Å². The Morgan fingerprint density at radius 2 is 2.22 bits per heavy atom. The minimum atomic E-state index is -0.0746. The van der Waals surface area contributed by atoms with Crippen molar-refractivity contribution in [3.8, 4) is 5.69 Å². The van der Waals surface area contributed by atoms with Gasteiger partial charge in [0.15, 0.2) is 0 Å². The SMILES string of the molecule is Cc1cccc(-n2nc(C)c(C(=O)NC[C@@H]3CCCO3)c2C)c1. The Morgan fingerprint density at radius 1 is 1.39 bits per heavy atom. The molecular formula is C18H23N3O2. The molecule has 5 nitrogen and oxygen atoms in total. The van der Waals surface area contributed by atoms with Gasteiger partial charge in [0.05, 0.1) is 28.7 Å². The fraction of sp³-hybridized carbons (Fsp3) is 0.444. The fourth-order valence-electron chi connectivity index (χ4n) is 3.08. The van der Waals surface area contributed by atoms with Crippen molar-refractivity contribution in [2.75, 3.05) is 13.2 Å². The van der Waals surface area contributed by atoms with Crippen molar-refractivity contribution in [2.24, 2.45) is 0 Å². The molecule has 0 saturated carbocycles. The van der Waals surface area contributed by atoms with Gasteiger partial charge in [-0.25, -0.2) is 4.68 Å². The molecule has 122 valence electrons. The summed E-state index contributed by atoms with van der Waals surface area (Å²) in [6.07, 6.45) is 2.23. The van der Waals surface area contributed by atoms with Crippen molar-refractivity contribution in [3.63, 3.8) is 0 Å². The normalized spacial score (nSPS) is 17.4. The van der Waals surface area contributed by atoms with E-state index in [-0.39, 0.29) is 12.0 Å². The molecular weight excluding hydrogens is 290 g/mol. The number of aryl methyl sites for hydroxylation is 2.